The fourth-order valence-corrected chi connectivity index (χ4v) is 2.19. The Morgan fingerprint density at radius 2 is 2.20 bits per heavy atom. The number of alkyl halides is 1. The van der Waals surface area contributed by atoms with E-state index in [-0.39, 0.29) is 35.5 Å². The number of hydrogen-bond acceptors (Lipinski definition) is 6. The summed E-state index contributed by atoms with van der Waals surface area (Å²) in [7, 11) is 1.47. The maximum atomic E-state index is 11.9. The molecule has 0 saturated heterocycles. The zero-order valence-electron chi connectivity index (χ0n) is 11.4. The molecule has 1 rings (SSSR count). The van der Waals surface area contributed by atoms with Crippen molar-refractivity contribution in [2.24, 2.45) is 0 Å². The van der Waals surface area contributed by atoms with Crippen molar-refractivity contribution in [2.75, 3.05) is 19.0 Å². The number of carbonyl (C=O) groups excluding carboxylic acids is 1. The molecule has 0 aliphatic heterocycles. The van der Waals surface area contributed by atoms with E-state index in [1.54, 1.807) is 19.1 Å². The first kappa shape index (κ1) is 20.2. The van der Waals surface area contributed by atoms with Gasteiger partial charge in [0.1, 0.15) is 5.75 Å². The van der Waals surface area contributed by atoms with Crippen molar-refractivity contribution < 1.29 is 53.7 Å². The molecule has 0 aromatic heterocycles. The van der Waals surface area contributed by atoms with Crippen LogP contribution in [-0.4, -0.2) is 24.9 Å². The Morgan fingerprint density at radius 1 is 1.50 bits per heavy atom. The monoisotopic (exact) mass is 373 g/mol. The van der Waals surface area contributed by atoms with Gasteiger partial charge in [-0.1, -0.05) is 15.9 Å². The molecule has 0 bridgehead atoms. The van der Waals surface area contributed by atoms with Crippen molar-refractivity contribution in [3.63, 3.8) is 0 Å². The molecular formula is C11H13BrNNaO5S. The first-order valence-electron chi connectivity index (χ1n) is 5.30. The molecule has 1 amide bonds. The van der Waals surface area contributed by atoms with Crippen LogP contribution in [0.15, 0.2) is 17.0 Å². The molecule has 1 aromatic carbocycles. The average molecular weight is 374 g/mol. The Bertz CT molecular complexity index is 449. The van der Waals surface area contributed by atoms with Gasteiger partial charge in [0.05, 0.1) is 24.0 Å². The predicted octanol–water partition coefficient (Wildman–Crippen LogP) is -1.64. The summed E-state index contributed by atoms with van der Waals surface area (Å²) in [6, 6.07) is 3.28. The summed E-state index contributed by atoms with van der Waals surface area (Å²) in [4.78, 5) is 12.5. The molecule has 0 aliphatic rings. The normalized spacial score (nSPS) is 9.80. The summed E-state index contributed by atoms with van der Waals surface area (Å²) in [5.74, 6) is 0.240. The SMILES string of the molecule is COc1cc(C(=O)NCCBr)c(C)cc1SOO[O-].[Na+]. The van der Waals surface area contributed by atoms with Gasteiger partial charge in [-0.25, -0.2) is 0 Å². The number of nitrogens with one attached hydrogen (secondary N) is 1. The largest absolute Gasteiger partial charge is 1.00 e. The number of amides is 1. The van der Waals surface area contributed by atoms with E-state index >= 15 is 0 Å². The number of methoxy groups -OCH3 is 1. The molecule has 0 heterocycles. The van der Waals surface area contributed by atoms with Crippen LogP contribution in [-0.2, 0) is 9.37 Å². The number of halogens is 1. The number of rotatable bonds is 7. The average Bonchev–Trinajstić information content (AvgIpc) is 2.42. The summed E-state index contributed by atoms with van der Waals surface area (Å²) in [6.45, 7) is 2.31. The predicted molar refractivity (Wildman–Crippen MR) is 71.9 cm³/mol. The van der Waals surface area contributed by atoms with Gasteiger partial charge in [0.25, 0.3) is 5.91 Å². The molecule has 1 aromatic rings. The second kappa shape index (κ2) is 10.9. The minimum absolute atomic E-state index is 0. The maximum Gasteiger partial charge on any atom is 1.00 e. The van der Waals surface area contributed by atoms with Gasteiger partial charge in [-0.15, -0.1) is 0 Å². The maximum absolute atomic E-state index is 11.9. The number of carbonyl (C=O) groups is 1. The van der Waals surface area contributed by atoms with Crippen LogP contribution in [0.4, 0.5) is 0 Å². The van der Waals surface area contributed by atoms with Gasteiger partial charge in [0.15, 0.2) is 0 Å². The zero-order chi connectivity index (χ0) is 14.3. The molecule has 9 heteroatoms. The van der Waals surface area contributed by atoms with Crippen LogP contribution >= 0.6 is 28.0 Å². The first-order chi connectivity index (χ1) is 9.13. The zero-order valence-corrected chi connectivity index (χ0v) is 15.8. The molecule has 0 spiro atoms. The van der Waals surface area contributed by atoms with Crippen LogP contribution in [0.3, 0.4) is 0 Å². The standard InChI is InChI=1S/C11H14BrNO5S.Na/c1-7-5-10(19-18-17-15)9(16-2)6-8(7)11(14)13-4-3-12;/h5-6,15H,3-4H2,1-2H3,(H,13,14);/q;+1/p-1. The molecule has 0 saturated carbocycles. The molecule has 0 unspecified atom stereocenters. The number of benzene rings is 1. The van der Waals surface area contributed by atoms with Crippen molar-refractivity contribution in [3.05, 3.63) is 23.3 Å². The molecular weight excluding hydrogens is 361 g/mol. The van der Waals surface area contributed by atoms with E-state index in [2.05, 4.69) is 30.6 Å². The van der Waals surface area contributed by atoms with E-state index < -0.39 is 0 Å². The van der Waals surface area contributed by atoms with Crippen LogP contribution in [0.1, 0.15) is 15.9 Å². The smallest absolute Gasteiger partial charge is 0.691 e. The molecule has 20 heavy (non-hydrogen) atoms. The van der Waals surface area contributed by atoms with Gasteiger partial charge in [0.2, 0.25) is 0 Å². The van der Waals surface area contributed by atoms with E-state index in [1.807, 2.05) is 0 Å². The molecule has 0 radical (unpaired) electrons. The molecule has 0 aliphatic carbocycles. The third-order valence-corrected chi connectivity index (χ3v) is 3.31. The van der Waals surface area contributed by atoms with Gasteiger partial charge in [0, 0.05) is 17.4 Å². The van der Waals surface area contributed by atoms with Gasteiger partial charge < -0.3 is 15.3 Å². The van der Waals surface area contributed by atoms with Gasteiger partial charge in [-0.3, -0.25) is 9.83 Å². The quantitative estimate of drug-likeness (QED) is 0.203. The number of ether oxygens (including phenoxy) is 1. The minimum Gasteiger partial charge on any atom is -0.691 e. The second-order valence-corrected chi connectivity index (χ2v) is 5.02. The summed E-state index contributed by atoms with van der Waals surface area (Å²) in [5.41, 5.74) is 1.25. The first-order valence-corrected chi connectivity index (χ1v) is 7.16. The fourth-order valence-electron chi connectivity index (χ4n) is 1.44. The summed E-state index contributed by atoms with van der Waals surface area (Å²) >= 11 is 3.96. The van der Waals surface area contributed by atoms with Crippen molar-refractivity contribution in [1.82, 2.24) is 5.32 Å². The number of aryl methyl sites for hydroxylation is 1. The Balaban J connectivity index is 0.00000361. The van der Waals surface area contributed by atoms with Crippen LogP contribution < -0.4 is 44.9 Å². The molecule has 1 N–H and O–H groups in total. The fraction of sp³-hybridized carbons (Fsp3) is 0.364. The van der Waals surface area contributed by atoms with Crippen molar-refractivity contribution in [2.45, 2.75) is 11.8 Å². The van der Waals surface area contributed by atoms with E-state index in [0.717, 1.165) is 17.6 Å². The second-order valence-electron chi connectivity index (χ2n) is 3.48. The Labute approximate surface area is 152 Å². The topological polar surface area (TPSA) is 79.9 Å². The third kappa shape index (κ3) is 5.90. The molecule has 0 atom stereocenters. The van der Waals surface area contributed by atoms with Crippen LogP contribution in [0.2, 0.25) is 0 Å². The van der Waals surface area contributed by atoms with Crippen molar-refractivity contribution >= 4 is 33.9 Å². The van der Waals surface area contributed by atoms with Gasteiger partial charge >= 0.3 is 29.6 Å². The summed E-state index contributed by atoms with van der Waals surface area (Å²) in [5, 5.41) is 16.5. The Morgan fingerprint density at radius 3 is 2.75 bits per heavy atom. The van der Waals surface area contributed by atoms with E-state index in [0.29, 0.717) is 28.1 Å². The molecule has 106 valence electrons. The third-order valence-electron chi connectivity index (χ3n) is 2.29. The number of hydrogen-bond donors (Lipinski definition) is 1. The van der Waals surface area contributed by atoms with Crippen molar-refractivity contribution in [1.29, 1.82) is 0 Å². The minimum atomic E-state index is -0.187. The Kier molecular flexibility index (Phi) is 11.0. The van der Waals surface area contributed by atoms with Crippen LogP contribution in [0.5, 0.6) is 5.75 Å². The Hall–Kier alpha value is 0.200. The van der Waals surface area contributed by atoms with Gasteiger partial charge in [-0.2, -0.15) is 4.33 Å². The molecule has 0 fully saturated rings. The van der Waals surface area contributed by atoms with Crippen LogP contribution in [0.25, 0.3) is 0 Å². The summed E-state index contributed by atoms with van der Waals surface area (Å²) < 4.78 is 9.40. The van der Waals surface area contributed by atoms with E-state index in [9.17, 15) is 10.1 Å². The van der Waals surface area contributed by atoms with Crippen LogP contribution in [0, 0.1) is 6.92 Å². The molecule has 6 nitrogen and oxygen atoms in total. The van der Waals surface area contributed by atoms with Gasteiger partial charge in [-0.05, 0) is 24.6 Å². The van der Waals surface area contributed by atoms with E-state index in [4.69, 9.17) is 4.74 Å². The van der Waals surface area contributed by atoms with E-state index in [1.165, 1.54) is 7.11 Å². The summed E-state index contributed by atoms with van der Waals surface area (Å²) in [6.07, 6.45) is 0. The van der Waals surface area contributed by atoms with Crippen molar-refractivity contribution in [3.8, 4) is 5.75 Å².